The van der Waals surface area contributed by atoms with Crippen LogP contribution in [0.5, 0.6) is 0 Å². The molecule has 0 bridgehead atoms. The van der Waals surface area contributed by atoms with Gasteiger partial charge in [0, 0.05) is 0 Å². The van der Waals surface area contributed by atoms with Crippen molar-refractivity contribution in [3.05, 3.63) is 42.5 Å². The largest absolute Gasteiger partial charge is 0.387 e. The van der Waals surface area contributed by atoms with Crippen LogP contribution in [-0.4, -0.2) is 26.2 Å². The molecule has 0 aliphatic heterocycles. The second-order valence-corrected chi connectivity index (χ2v) is 4.97. The maximum atomic E-state index is 11.6. The van der Waals surface area contributed by atoms with Crippen molar-refractivity contribution in [1.82, 2.24) is 0 Å². The summed E-state index contributed by atoms with van der Waals surface area (Å²) in [5.74, 6) is 0. The SMILES string of the molecule is C=C[C@@H](O)COS(=O)(=O)c1ccc(C)cc1. The summed E-state index contributed by atoms with van der Waals surface area (Å²) < 4.78 is 27.9. The number of aliphatic hydroxyl groups excluding tert-OH is 1. The zero-order valence-corrected chi connectivity index (χ0v) is 9.78. The minimum Gasteiger partial charge on any atom is -0.387 e. The maximum Gasteiger partial charge on any atom is 0.297 e. The zero-order chi connectivity index (χ0) is 12.2. The third kappa shape index (κ3) is 3.44. The Bertz CT molecular complexity index is 447. The lowest BCUT2D eigenvalue weighted by atomic mass is 10.2. The van der Waals surface area contributed by atoms with E-state index in [-0.39, 0.29) is 11.5 Å². The van der Waals surface area contributed by atoms with Gasteiger partial charge in [-0.1, -0.05) is 23.8 Å². The second-order valence-electron chi connectivity index (χ2n) is 3.35. The number of aliphatic hydroxyl groups is 1. The van der Waals surface area contributed by atoms with Gasteiger partial charge in [-0.3, -0.25) is 4.18 Å². The van der Waals surface area contributed by atoms with Crippen molar-refractivity contribution >= 4 is 10.1 Å². The Labute approximate surface area is 95.3 Å². The summed E-state index contributed by atoms with van der Waals surface area (Å²) in [6.45, 7) is 4.86. The van der Waals surface area contributed by atoms with Crippen molar-refractivity contribution in [2.75, 3.05) is 6.61 Å². The molecule has 1 aromatic carbocycles. The van der Waals surface area contributed by atoms with Gasteiger partial charge in [0.15, 0.2) is 0 Å². The Balaban J connectivity index is 2.78. The molecule has 0 spiro atoms. The fraction of sp³-hybridized carbons (Fsp3) is 0.273. The first-order chi connectivity index (χ1) is 7.45. The van der Waals surface area contributed by atoms with E-state index in [0.717, 1.165) is 5.56 Å². The molecule has 0 aliphatic carbocycles. The third-order valence-corrected chi connectivity index (χ3v) is 3.27. The van der Waals surface area contributed by atoms with Gasteiger partial charge in [0.1, 0.15) is 0 Å². The van der Waals surface area contributed by atoms with Crippen LogP contribution in [0.4, 0.5) is 0 Å². The van der Waals surface area contributed by atoms with Crippen molar-refractivity contribution in [2.45, 2.75) is 17.9 Å². The molecule has 0 aliphatic rings. The molecule has 0 aromatic heterocycles. The van der Waals surface area contributed by atoms with Gasteiger partial charge in [-0.15, -0.1) is 6.58 Å². The van der Waals surface area contributed by atoms with Crippen LogP contribution in [-0.2, 0) is 14.3 Å². The van der Waals surface area contributed by atoms with Gasteiger partial charge >= 0.3 is 0 Å². The number of hydrogen-bond acceptors (Lipinski definition) is 4. The first-order valence-corrected chi connectivity index (χ1v) is 6.13. The average molecular weight is 242 g/mol. The van der Waals surface area contributed by atoms with E-state index in [9.17, 15) is 8.42 Å². The van der Waals surface area contributed by atoms with Crippen molar-refractivity contribution < 1.29 is 17.7 Å². The first kappa shape index (κ1) is 12.9. The van der Waals surface area contributed by atoms with E-state index in [2.05, 4.69) is 10.8 Å². The summed E-state index contributed by atoms with van der Waals surface area (Å²) in [6.07, 6.45) is 0.227. The van der Waals surface area contributed by atoms with Gasteiger partial charge in [0.2, 0.25) is 0 Å². The van der Waals surface area contributed by atoms with Gasteiger partial charge in [-0.2, -0.15) is 8.42 Å². The Hall–Kier alpha value is -1.17. The van der Waals surface area contributed by atoms with E-state index >= 15 is 0 Å². The standard InChI is InChI=1S/C11H14O4S/c1-3-10(12)8-15-16(13,14)11-6-4-9(2)5-7-11/h3-7,10,12H,1,8H2,2H3/t10-/m1/s1. The van der Waals surface area contributed by atoms with Gasteiger partial charge in [0.25, 0.3) is 10.1 Å². The summed E-state index contributed by atoms with van der Waals surface area (Å²) >= 11 is 0. The summed E-state index contributed by atoms with van der Waals surface area (Å²) in [5.41, 5.74) is 0.963. The first-order valence-electron chi connectivity index (χ1n) is 4.72. The van der Waals surface area contributed by atoms with E-state index in [1.165, 1.54) is 18.2 Å². The summed E-state index contributed by atoms with van der Waals surface area (Å²) in [5, 5.41) is 9.10. The number of rotatable bonds is 5. The van der Waals surface area contributed by atoms with Crippen LogP contribution >= 0.6 is 0 Å². The Morgan fingerprint density at radius 3 is 2.50 bits per heavy atom. The minimum atomic E-state index is -3.79. The van der Waals surface area contributed by atoms with Crippen molar-refractivity contribution in [3.8, 4) is 0 Å². The zero-order valence-electron chi connectivity index (χ0n) is 8.96. The van der Waals surface area contributed by atoms with Crippen LogP contribution in [0.1, 0.15) is 5.56 Å². The van der Waals surface area contributed by atoms with E-state index < -0.39 is 16.2 Å². The van der Waals surface area contributed by atoms with Crippen molar-refractivity contribution in [2.24, 2.45) is 0 Å². The molecule has 1 aromatic rings. The molecule has 0 amide bonds. The maximum absolute atomic E-state index is 11.6. The molecule has 0 heterocycles. The molecule has 0 radical (unpaired) electrons. The quantitative estimate of drug-likeness (QED) is 0.623. The van der Waals surface area contributed by atoms with Crippen molar-refractivity contribution in [3.63, 3.8) is 0 Å². The second kappa shape index (κ2) is 5.25. The Kier molecular flexibility index (Phi) is 4.23. The van der Waals surface area contributed by atoms with Crippen LogP contribution in [0.15, 0.2) is 41.8 Å². The molecule has 0 unspecified atom stereocenters. The molecule has 1 atom stereocenters. The minimum absolute atomic E-state index is 0.0781. The molecule has 5 heteroatoms. The predicted molar refractivity (Wildman–Crippen MR) is 60.5 cm³/mol. The van der Waals surface area contributed by atoms with Crippen LogP contribution < -0.4 is 0 Å². The van der Waals surface area contributed by atoms with Crippen LogP contribution in [0.3, 0.4) is 0 Å². The molecule has 1 rings (SSSR count). The fourth-order valence-electron chi connectivity index (χ4n) is 1.00. The molecule has 0 fully saturated rings. The van der Waals surface area contributed by atoms with E-state index in [1.807, 2.05) is 6.92 Å². The monoisotopic (exact) mass is 242 g/mol. The normalized spacial score (nSPS) is 13.4. The number of aryl methyl sites for hydroxylation is 1. The Morgan fingerprint density at radius 2 is 2.00 bits per heavy atom. The van der Waals surface area contributed by atoms with Gasteiger partial charge < -0.3 is 5.11 Å². The lowest BCUT2D eigenvalue weighted by Crippen LogP contribution is -2.16. The topological polar surface area (TPSA) is 63.6 Å². The van der Waals surface area contributed by atoms with Gasteiger partial charge in [0.05, 0.1) is 17.6 Å². The molecule has 88 valence electrons. The van der Waals surface area contributed by atoms with Crippen LogP contribution in [0.25, 0.3) is 0 Å². The molecule has 16 heavy (non-hydrogen) atoms. The predicted octanol–water partition coefficient (Wildman–Crippen LogP) is 1.25. The van der Waals surface area contributed by atoms with Gasteiger partial charge in [-0.25, -0.2) is 0 Å². The smallest absolute Gasteiger partial charge is 0.297 e. The van der Waals surface area contributed by atoms with E-state index in [1.54, 1.807) is 12.1 Å². The lowest BCUT2D eigenvalue weighted by Gasteiger charge is -2.07. The molecule has 0 saturated heterocycles. The lowest BCUT2D eigenvalue weighted by molar-refractivity contribution is 0.148. The molecule has 4 nitrogen and oxygen atoms in total. The van der Waals surface area contributed by atoms with Gasteiger partial charge in [-0.05, 0) is 19.1 Å². The molecular weight excluding hydrogens is 228 g/mol. The van der Waals surface area contributed by atoms with Crippen molar-refractivity contribution in [1.29, 1.82) is 0 Å². The highest BCUT2D eigenvalue weighted by molar-refractivity contribution is 7.86. The number of hydrogen-bond donors (Lipinski definition) is 1. The van der Waals surface area contributed by atoms with Crippen LogP contribution in [0, 0.1) is 6.92 Å². The van der Waals surface area contributed by atoms with E-state index in [4.69, 9.17) is 5.11 Å². The fourth-order valence-corrected chi connectivity index (χ4v) is 1.92. The molecule has 1 N–H and O–H groups in total. The highest BCUT2D eigenvalue weighted by atomic mass is 32.2. The summed E-state index contributed by atoms with van der Waals surface area (Å²) in [4.78, 5) is 0.0781. The highest BCUT2D eigenvalue weighted by Gasteiger charge is 2.15. The third-order valence-electron chi connectivity index (χ3n) is 1.98. The Morgan fingerprint density at radius 1 is 1.44 bits per heavy atom. The summed E-state index contributed by atoms with van der Waals surface area (Å²) in [7, 11) is -3.79. The average Bonchev–Trinajstić information content (AvgIpc) is 2.26. The van der Waals surface area contributed by atoms with Crippen LogP contribution in [0.2, 0.25) is 0 Å². The highest BCUT2D eigenvalue weighted by Crippen LogP contribution is 2.13. The summed E-state index contributed by atoms with van der Waals surface area (Å²) in [6, 6.07) is 6.29. The molecular formula is C11H14O4S. The van der Waals surface area contributed by atoms with E-state index in [0.29, 0.717) is 0 Å². The molecule has 0 saturated carbocycles. The number of benzene rings is 1.